The Balaban J connectivity index is 1.48. The summed E-state index contributed by atoms with van der Waals surface area (Å²) in [5, 5.41) is 24.2. The Hall–Kier alpha value is -5.78. The van der Waals surface area contributed by atoms with Crippen LogP contribution < -0.4 is 11.5 Å². The fourth-order valence-corrected chi connectivity index (χ4v) is 9.32. The Morgan fingerprint density at radius 1 is 0.438 bits per heavy atom. The lowest BCUT2D eigenvalue weighted by atomic mass is 10.1. The molecule has 0 aliphatic rings. The Kier molecular flexibility index (Phi) is 14.4. The minimum absolute atomic E-state index is 0.0111. The number of nitrogen functional groups attached to an aromatic ring is 2. The summed E-state index contributed by atoms with van der Waals surface area (Å²) < 4.78 is 187. The molecule has 0 aliphatic carbocycles. The van der Waals surface area contributed by atoms with Crippen LogP contribution in [-0.4, -0.2) is 93.4 Å². The van der Waals surface area contributed by atoms with Crippen LogP contribution in [0.4, 0.5) is 45.5 Å². The molecule has 0 fully saturated rings. The minimum Gasteiger partial charge on any atom is -0.396 e. The molecule has 0 bridgehead atoms. The summed E-state index contributed by atoms with van der Waals surface area (Å²) in [5.74, 6) is -1.62. The maximum absolute atomic E-state index is 12.5. The first kappa shape index (κ1) is 49.2. The molecule has 0 aromatic heterocycles. The molecule has 0 amide bonds. The fraction of sp³-hybridized carbons (Fsp3) is 0.125. The lowest BCUT2D eigenvalue weighted by Gasteiger charge is -2.11. The molecule has 342 valence electrons. The maximum Gasteiger partial charge on any atom is 0.397 e. The predicted octanol–water partition coefficient (Wildman–Crippen LogP) is 4.93. The second-order valence-electron chi connectivity index (χ2n) is 12.6. The van der Waals surface area contributed by atoms with Crippen molar-refractivity contribution in [3.05, 3.63) is 84.9 Å². The van der Waals surface area contributed by atoms with E-state index in [1.807, 2.05) is 0 Å². The zero-order valence-electron chi connectivity index (χ0n) is 31.7. The van der Waals surface area contributed by atoms with Gasteiger partial charge in [0.2, 0.25) is 0 Å². The van der Waals surface area contributed by atoms with E-state index in [1.165, 1.54) is 30.3 Å². The van der Waals surface area contributed by atoms with Gasteiger partial charge in [0.1, 0.15) is 16.3 Å². The van der Waals surface area contributed by atoms with Gasteiger partial charge in [-0.05, 0) is 78.9 Å². The van der Waals surface area contributed by atoms with Gasteiger partial charge < -0.3 is 11.5 Å². The van der Waals surface area contributed by atoms with Gasteiger partial charge in [0.05, 0.1) is 73.5 Å². The van der Waals surface area contributed by atoms with Crippen molar-refractivity contribution in [2.24, 2.45) is 30.7 Å². The topological polar surface area (TPSA) is 430 Å². The van der Waals surface area contributed by atoms with Crippen molar-refractivity contribution >= 4 is 117 Å². The van der Waals surface area contributed by atoms with Gasteiger partial charge in [0.15, 0.2) is 19.7 Å². The highest BCUT2D eigenvalue weighted by Crippen LogP contribution is 2.44. The van der Waals surface area contributed by atoms with E-state index < -0.39 is 118 Å². The van der Waals surface area contributed by atoms with Crippen LogP contribution in [0, 0.1) is 0 Å². The number of benzene rings is 5. The molecule has 0 saturated heterocycles. The van der Waals surface area contributed by atoms with Gasteiger partial charge in [-0.25, -0.2) is 25.2 Å². The monoisotopic (exact) mass is 1010 g/mol. The highest BCUT2D eigenvalue weighted by Gasteiger charge is 2.23. The number of fused-ring (bicyclic) bond motifs is 1. The van der Waals surface area contributed by atoms with Gasteiger partial charge in [-0.1, -0.05) is 6.07 Å². The molecule has 5 aromatic rings. The number of hydrogen-bond donors (Lipinski definition) is 6. The molecule has 5 rings (SSSR count). The highest BCUT2D eigenvalue weighted by atomic mass is 32.3. The summed E-state index contributed by atoms with van der Waals surface area (Å²) in [5.41, 5.74) is 10.2. The molecule has 0 saturated carbocycles. The average molecular weight is 1010 g/mol. The van der Waals surface area contributed by atoms with E-state index in [9.17, 15) is 59.6 Å². The van der Waals surface area contributed by atoms with Crippen LogP contribution in [0.5, 0.6) is 0 Å². The number of nitrogens with two attached hydrogens (primary N) is 2. The van der Waals surface area contributed by atoms with E-state index in [4.69, 9.17) is 20.6 Å². The Bertz CT molecular complexity index is 3420. The first-order valence-corrected chi connectivity index (χ1v) is 25.8. The molecule has 0 spiro atoms. The molecule has 0 aliphatic heterocycles. The number of nitrogens with zero attached hydrogens (tertiary/aromatic N) is 6. The highest BCUT2D eigenvalue weighted by molar-refractivity contribution is 7.91. The van der Waals surface area contributed by atoms with Crippen molar-refractivity contribution < 1.29 is 77.1 Å². The number of azo groups is 3. The van der Waals surface area contributed by atoms with Gasteiger partial charge >= 0.3 is 20.8 Å². The Labute approximate surface area is 363 Å². The van der Waals surface area contributed by atoms with E-state index in [0.29, 0.717) is 0 Å². The number of rotatable bonds is 18. The Morgan fingerprint density at radius 2 is 0.859 bits per heavy atom. The average Bonchev–Trinajstić information content (AvgIpc) is 3.18. The zero-order chi connectivity index (χ0) is 47.5. The third-order valence-corrected chi connectivity index (χ3v) is 14.3. The smallest absolute Gasteiger partial charge is 0.396 e. The van der Waals surface area contributed by atoms with Crippen LogP contribution in [-0.2, 0) is 69.1 Å². The van der Waals surface area contributed by atoms with E-state index in [-0.39, 0.29) is 43.3 Å². The minimum atomic E-state index is -5.09. The summed E-state index contributed by atoms with van der Waals surface area (Å²) in [6.07, 6.45) is 0. The normalized spacial score (nSPS) is 13.4. The second-order valence-corrected chi connectivity index (χ2v) is 21.8. The van der Waals surface area contributed by atoms with E-state index in [2.05, 4.69) is 39.1 Å². The van der Waals surface area contributed by atoms with Crippen LogP contribution in [0.1, 0.15) is 0 Å². The van der Waals surface area contributed by atoms with Gasteiger partial charge in [0.25, 0.3) is 20.2 Å². The molecule has 32 heteroatoms. The van der Waals surface area contributed by atoms with Crippen molar-refractivity contribution in [3.8, 4) is 0 Å². The number of hydrogen-bond acceptors (Lipinski definition) is 22. The first-order valence-electron chi connectivity index (χ1n) is 16.9. The molecule has 0 atom stereocenters. The maximum atomic E-state index is 12.5. The second kappa shape index (κ2) is 18.7. The molecule has 64 heavy (non-hydrogen) atoms. The summed E-state index contributed by atoms with van der Waals surface area (Å²) in [6.45, 7) is -1.73. The molecule has 26 nitrogen and oxygen atoms in total. The third kappa shape index (κ3) is 12.9. The van der Waals surface area contributed by atoms with E-state index in [1.54, 1.807) is 0 Å². The van der Waals surface area contributed by atoms with E-state index >= 15 is 0 Å². The van der Waals surface area contributed by atoms with Crippen molar-refractivity contribution in [1.82, 2.24) is 0 Å². The molecular weight excluding hydrogens is 977 g/mol. The van der Waals surface area contributed by atoms with Gasteiger partial charge in [-0.3, -0.25) is 18.2 Å². The van der Waals surface area contributed by atoms with Gasteiger partial charge in [-0.2, -0.15) is 43.9 Å². The lowest BCUT2D eigenvalue weighted by molar-refractivity contribution is 0.282. The van der Waals surface area contributed by atoms with Crippen molar-refractivity contribution in [2.45, 2.75) is 19.6 Å². The number of anilines is 2. The van der Waals surface area contributed by atoms with Crippen LogP contribution in [0.25, 0.3) is 10.8 Å². The predicted molar refractivity (Wildman–Crippen MR) is 223 cm³/mol. The van der Waals surface area contributed by atoms with Crippen LogP contribution in [0.3, 0.4) is 0 Å². The van der Waals surface area contributed by atoms with Crippen LogP contribution >= 0.6 is 0 Å². The molecule has 0 heterocycles. The van der Waals surface area contributed by atoms with Crippen molar-refractivity contribution in [3.63, 3.8) is 0 Å². The third-order valence-electron chi connectivity index (χ3n) is 8.20. The van der Waals surface area contributed by atoms with Crippen molar-refractivity contribution in [1.29, 1.82) is 0 Å². The van der Waals surface area contributed by atoms with Crippen LogP contribution in [0.15, 0.2) is 135 Å². The Morgan fingerprint density at radius 3 is 1.31 bits per heavy atom. The fourth-order valence-electron chi connectivity index (χ4n) is 5.20. The summed E-state index contributed by atoms with van der Waals surface area (Å²) in [4.78, 5) is -2.05. The molecule has 0 radical (unpaired) electrons. The van der Waals surface area contributed by atoms with Crippen molar-refractivity contribution in [2.75, 3.05) is 36.2 Å². The zero-order valence-corrected chi connectivity index (χ0v) is 36.6. The summed E-state index contributed by atoms with van der Waals surface area (Å²) >= 11 is 0. The first-order chi connectivity index (χ1) is 29.5. The molecular formula is C32H30N8O18S6. The number of sulfone groups is 2. The lowest BCUT2D eigenvalue weighted by Crippen LogP contribution is -2.15. The molecule has 0 unspecified atom stereocenters. The van der Waals surface area contributed by atoms with Crippen LogP contribution in [0.2, 0.25) is 0 Å². The summed E-state index contributed by atoms with van der Waals surface area (Å²) in [6, 6.07) is 15.8. The quantitative estimate of drug-likeness (QED) is 0.0385. The summed E-state index contributed by atoms with van der Waals surface area (Å²) in [7, 11) is -27.8. The molecule has 5 aromatic carbocycles. The largest absolute Gasteiger partial charge is 0.397 e. The van der Waals surface area contributed by atoms with Gasteiger partial charge in [-0.15, -0.1) is 20.5 Å². The van der Waals surface area contributed by atoms with E-state index in [0.717, 1.165) is 54.6 Å². The standard InChI is InChI=1S/C32H30N8O18S6/c33-30-28(18-29(62(48,49)50)31(34)32(30)40-36-20-3-7-22(8-4-20)60(43,44)16-14-58-64(54,55)56)39-38-26-11-12-27(25-17-23(61(45,46)47)9-10-24(25)26)37-35-19-1-5-21(6-2-19)59(41,42)15-13-57-63(51,52)53/h1-12,17-18H,13-16,33-34H2,(H,45,46,47)(H,48,49,50)(H,51,52,53)(H,54,55,56). The molecule has 8 N–H and O–H groups in total. The SMILES string of the molecule is Nc1c(N=Nc2ccc(N=Nc3ccc(S(=O)(=O)CCOS(=O)(=O)O)cc3)c3cc(S(=O)(=O)O)ccc23)cc(S(=O)(=O)O)c(N)c1N=Nc1ccc(S(=O)(=O)CCOS(=O)(=O)O)cc1. The van der Waals surface area contributed by atoms with Gasteiger partial charge in [0, 0.05) is 10.8 Å².